The summed E-state index contributed by atoms with van der Waals surface area (Å²) in [5, 5.41) is 0.576. The zero-order valence-electron chi connectivity index (χ0n) is 10.9. The van der Waals surface area contributed by atoms with E-state index in [0.29, 0.717) is 22.4 Å². The smallest absolute Gasteiger partial charge is 0.310 e. The number of carbonyl (C=O) groups excluding carboxylic acids is 2. The van der Waals surface area contributed by atoms with Crippen molar-refractivity contribution in [3.63, 3.8) is 0 Å². The van der Waals surface area contributed by atoms with E-state index in [1.807, 2.05) is 0 Å². The highest BCUT2D eigenvalue weighted by atomic mass is 35.5. The van der Waals surface area contributed by atoms with Gasteiger partial charge in [0.05, 0.1) is 5.92 Å². The molecular formula is C16H15ClO3. The Kier molecular flexibility index (Phi) is 3.62. The van der Waals surface area contributed by atoms with Crippen LogP contribution in [0.2, 0.25) is 5.02 Å². The molecular weight excluding hydrogens is 276 g/mol. The third kappa shape index (κ3) is 2.63. The lowest BCUT2D eigenvalue weighted by molar-refractivity contribution is -0.148. The summed E-state index contributed by atoms with van der Waals surface area (Å²) in [4.78, 5) is 23.9. The first-order valence-electron chi connectivity index (χ1n) is 6.77. The standard InChI is InChI=1S/C16H15ClO3/c17-13-5-3-11(4-6-13)15(18)9-20-16(19)14-8-10-1-2-12(14)7-10/h1-6,10,12,14H,7-9H2/t10-,12-,14+/m0/s1. The number of allylic oxidation sites excluding steroid dienone is 2. The molecule has 1 aromatic rings. The number of rotatable bonds is 4. The van der Waals surface area contributed by atoms with Gasteiger partial charge in [-0.15, -0.1) is 0 Å². The summed E-state index contributed by atoms with van der Waals surface area (Å²) in [5.41, 5.74) is 0.509. The Bertz CT molecular complexity index is 562. The topological polar surface area (TPSA) is 43.4 Å². The number of Topliss-reactive ketones (excluding diaryl/α,β-unsaturated/α-hetero) is 1. The van der Waals surface area contributed by atoms with Gasteiger partial charge in [-0.05, 0) is 48.9 Å². The second-order valence-electron chi connectivity index (χ2n) is 5.42. The number of benzene rings is 1. The van der Waals surface area contributed by atoms with Crippen LogP contribution in [0.1, 0.15) is 23.2 Å². The summed E-state index contributed by atoms with van der Waals surface area (Å²) in [6, 6.07) is 6.58. The van der Waals surface area contributed by atoms with Gasteiger partial charge in [0.2, 0.25) is 0 Å². The molecule has 0 radical (unpaired) electrons. The molecule has 0 N–H and O–H groups in total. The summed E-state index contributed by atoms with van der Waals surface area (Å²) in [6.07, 6.45) is 6.18. The maximum Gasteiger partial charge on any atom is 0.310 e. The highest BCUT2D eigenvalue weighted by Crippen LogP contribution is 2.43. The first kappa shape index (κ1) is 13.4. The largest absolute Gasteiger partial charge is 0.457 e. The van der Waals surface area contributed by atoms with Crippen LogP contribution in [0.15, 0.2) is 36.4 Å². The Labute approximate surface area is 122 Å². The second-order valence-corrected chi connectivity index (χ2v) is 5.86. The number of halogens is 1. The van der Waals surface area contributed by atoms with E-state index in [4.69, 9.17) is 16.3 Å². The van der Waals surface area contributed by atoms with Crippen LogP contribution in [0.25, 0.3) is 0 Å². The summed E-state index contributed by atoms with van der Waals surface area (Å²) >= 11 is 5.76. The van der Waals surface area contributed by atoms with Gasteiger partial charge in [-0.1, -0.05) is 23.8 Å². The van der Waals surface area contributed by atoms with Crippen LogP contribution in [-0.4, -0.2) is 18.4 Å². The van der Waals surface area contributed by atoms with Crippen molar-refractivity contribution in [1.82, 2.24) is 0 Å². The molecule has 0 saturated heterocycles. The van der Waals surface area contributed by atoms with Gasteiger partial charge in [-0.2, -0.15) is 0 Å². The SMILES string of the molecule is O=C(COC(=O)[C@@H]1C[C@H]2C=C[C@H]1C2)c1ccc(Cl)cc1. The molecule has 0 heterocycles. The molecule has 0 aliphatic heterocycles. The van der Waals surface area contributed by atoms with Crippen LogP contribution in [0.3, 0.4) is 0 Å². The van der Waals surface area contributed by atoms with Gasteiger partial charge in [-0.3, -0.25) is 9.59 Å². The van der Waals surface area contributed by atoms with Gasteiger partial charge < -0.3 is 4.74 Å². The first-order valence-corrected chi connectivity index (χ1v) is 7.15. The number of fused-ring (bicyclic) bond motifs is 2. The fraction of sp³-hybridized carbons (Fsp3) is 0.375. The summed E-state index contributed by atoms with van der Waals surface area (Å²) < 4.78 is 5.17. The normalized spacial score (nSPS) is 26.8. The average molecular weight is 291 g/mol. The third-order valence-electron chi connectivity index (χ3n) is 4.09. The lowest BCUT2D eigenvalue weighted by Gasteiger charge is -2.16. The van der Waals surface area contributed by atoms with Crippen molar-refractivity contribution in [3.8, 4) is 0 Å². The lowest BCUT2D eigenvalue weighted by Crippen LogP contribution is -2.24. The van der Waals surface area contributed by atoms with Crippen molar-refractivity contribution in [3.05, 3.63) is 47.0 Å². The molecule has 2 aliphatic carbocycles. The molecule has 1 saturated carbocycles. The van der Waals surface area contributed by atoms with Crippen LogP contribution in [-0.2, 0) is 9.53 Å². The molecule has 1 fully saturated rings. The van der Waals surface area contributed by atoms with Crippen molar-refractivity contribution in [2.24, 2.45) is 17.8 Å². The van der Waals surface area contributed by atoms with Gasteiger partial charge in [0.1, 0.15) is 0 Å². The van der Waals surface area contributed by atoms with E-state index in [-0.39, 0.29) is 24.3 Å². The van der Waals surface area contributed by atoms with Crippen LogP contribution >= 0.6 is 11.6 Å². The van der Waals surface area contributed by atoms with Crippen molar-refractivity contribution in [2.45, 2.75) is 12.8 Å². The van der Waals surface area contributed by atoms with Gasteiger partial charge in [0.15, 0.2) is 12.4 Å². The van der Waals surface area contributed by atoms with E-state index >= 15 is 0 Å². The minimum absolute atomic E-state index is 0.0667. The van der Waals surface area contributed by atoms with Crippen LogP contribution < -0.4 is 0 Å². The van der Waals surface area contributed by atoms with Gasteiger partial charge >= 0.3 is 5.97 Å². The second kappa shape index (κ2) is 5.41. The number of hydrogen-bond acceptors (Lipinski definition) is 3. The molecule has 104 valence electrons. The molecule has 0 aromatic heterocycles. The fourth-order valence-corrected chi connectivity index (χ4v) is 3.14. The fourth-order valence-electron chi connectivity index (χ4n) is 3.01. The molecule has 4 heteroatoms. The van der Waals surface area contributed by atoms with Crippen LogP contribution in [0.4, 0.5) is 0 Å². The van der Waals surface area contributed by atoms with Crippen LogP contribution in [0.5, 0.6) is 0 Å². The molecule has 3 nitrogen and oxygen atoms in total. The molecule has 0 amide bonds. The Morgan fingerprint density at radius 1 is 1.15 bits per heavy atom. The molecule has 1 aromatic carbocycles. The highest BCUT2D eigenvalue weighted by molar-refractivity contribution is 6.30. The number of ether oxygens (including phenoxy) is 1. The maximum absolute atomic E-state index is 12.0. The Morgan fingerprint density at radius 2 is 1.90 bits per heavy atom. The van der Waals surface area contributed by atoms with E-state index in [1.54, 1.807) is 24.3 Å². The maximum atomic E-state index is 12.0. The molecule has 0 spiro atoms. The van der Waals surface area contributed by atoms with E-state index in [1.165, 1.54) is 0 Å². The predicted molar refractivity (Wildman–Crippen MR) is 75.6 cm³/mol. The molecule has 3 rings (SSSR count). The number of ketones is 1. The average Bonchev–Trinajstić information content (AvgIpc) is 3.08. The zero-order chi connectivity index (χ0) is 14.1. The van der Waals surface area contributed by atoms with E-state index in [9.17, 15) is 9.59 Å². The van der Waals surface area contributed by atoms with Crippen molar-refractivity contribution < 1.29 is 14.3 Å². The molecule has 3 atom stereocenters. The predicted octanol–water partition coefficient (Wildman–Crippen LogP) is 3.28. The van der Waals surface area contributed by atoms with Crippen molar-refractivity contribution in [1.29, 1.82) is 0 Å². The zero-order valence-corrected chi connectivity index (χ0v) is 11.7. The minimum atomic E-state index is -0.246. The quantitative estimate of drug-likeness (QED) is 0.485. The summed E-state index contributed by atoms with van der Waals surface area (Å²) in [5.74, 6) is 0.309. The number of hydrogen-bond donors (Lipinski definition) is 0. The molecule has 20 heavy (non-hydrogen) atoms. The van der Waals surface area contributed by atoms with E-state index < -0.39 is 0 Å². The summed E-state index contributed by atoms with van der Waals surface area (Å²) in [6.45, 7) is -0.196. The molecule has 2 aliphatic rings. The Balaban J connectivity index is 1.54. The van der Waals surface area contributed by atoms with Gasteiger partial charge in [0.25, 0.3) is 0 Å². The van der Waals surface area contributed by atoms with Gasteiger partial charge in [0, 0.05) is 10.6 Å². The summed E-state index contributed by atoms with van der Waals surface area (Å²) in [7, 11) is 0. The third-order valence-corrected chi connectivity index (χ3v) is 4.35. The van der Waals surface area contributed by atoms with Crippen molar-refractivity contribution in [2.75, 3.05) is 6.61 Å². The van der Waals surface area contributed by atoms with Crippen LogP contribution in [0, 0.1) is 17.8 Å². The van der Waals surface area contributed by atoms with E-state index in [0.717, 1.165) is 12.8 Å². The molecule has 2 bridgehead atoms. The minimum Gasteiger partial charge on any atom is -0.457 e. The Morgan fingerprint density at radius 3 is 2.50 bits per heavy atom. The van der Waals surface area contributed by atoms with E-state index in [2.05, 4.69) is 12.2 Å². The number of carbonyl (C=O) groups is 2. The monoisotopic (exact) mass is 290 g/mol. The van der Waals surface area contributed by atoms with Gasteiger partial charge in [-0.25, -0.2) is 0 Å². The van der Waals surface area contributed by atoms with Crippen molar-refractivity contribution >= 4 is 23.4 Å². The Hall–Kier alpha value is -1.61. The number of esters is 1. The molecule has 0 unspecified atom stereocenters. The lowest BCUT2D eigenvalue weighted by atomic mass is 9.94. The highest BCUT2D eigenvalue weighted by Gasteiger charge is 2.40. The first-order chi connectivity index (χ1) is 9.63.